The average Bonchev–Trinajstić information content (AvgIpc) is 3.77. The van der Waals surface area contributed by atoms with Gasteiger partial charge in [-0.05, 0) is 109 Å². The number of imidazole rings is 1. The fourth-order valence-corrected chi connectivity index (χ4v) is 9.90. The Morgan fingerprint density at radius 1 is 0.828 bits per heavy atom. The van der Waals surface area contributed by atoms with E-state index in [0.717, 1.165) is 100 Å². The van der Waals surface area contributed by atoms with Crippen molar-refractivity contribution in [1.82, 2.24) is 30.4 Å². The summed E-state index contributed by atoms with van der Waals surface area (Å²) in [5.41, 5.74) is 7.91. The molecular weight excluding hydrogens is 811 g/mol. The Kier molecular flexibility index (Phi) is 12.4. The van der Waals surface area contributed by atoms with E-state index in [1.54, 1.807) is 0 Å². The van der Waals surface area contributed by atoms with E-state index < -0.39 is 24.3 Å². The van der Waals surface area contributed by atoms with Crippen molar-refractivity contribution < 1.29 is 33.4 Å². The van der Waals surface area contributed by atoms with Crippen LogP contribution in [0.4, 0.5) is 15.3 Å². The summed E-state index contributed by atoms with van der Waals surface area (Å²) < 4.78 is 15.3. The summed E-state index contributed by atoms with van der Waals surface area (Å²) in [7, 11) is 2.62. The zero-order valence-electron chi connectivity index (χ0n) is 37.1. The zero-order chi connectivity index (χ0) is 44.5. The lowest BCUT2D eigenvalue weighted by Crippen LogP contribution is -2.53. The molecule has 4 aromatic rings. The van der Waals surface area contributed by atoms with Crippen molar-refractivity contribution in [2.24, 2.45) is 22.7 Å². The molecule has 64 heavy (non-hydrogen) atoms. The van der Waals surface area contributed by atoms with E-state index in [1.807, 2.05) is 29.8 Å². The van der Waals surface area contributed by atoms with Crippen molar-refractivity contribution in [2.75, 3.05) is 40.5 Å². The molecule has 1 saturated carbocycles. The van der Waals surface area contributed by atoms with E-state index in [2.05, 4.69) is 76.0 Å². The van der Waals surface area contributed by atoms with Crippen LogP contribution >= 0.6 is 0 Å². The van der Waals surface area contributed by atoms with Crippen molar-refractivity contribution in [3.8, 4) is 34.2 Å². The summed E-state index contributed by atoms with van der Waals surface area (Å²) >= 11 is 0. The quantitative estimate of drug-likeness (QED) is 0.138. The number of carbonyl (C=O) groups is 4. The second kappa shape index (κ2) is 18.5. The van der Waals surface area contributed by atoms with Gasteiger partial charge in [0.05, 0.1) is 43.9 Å². The van der Waals surface area contributed by atoms with Crippen molar-refractivity contribution in [3.63, 3.8) is 0 Å². The molecule has 4 aliphatic heterocycles. The number of likely N-dealkylation sites (tertiary alicyclic amines) is 2. The van der Waals surface area contributed by atoms with Crippen LogP contribution in [-0.4, -0.2) is 108 Å². The van der Waals surface area contributed by atoms with E-state index in [1.165, 1.54) is 14.2 Å². The predicted molar refractivity (Wildman–Crippen MR) is 243 cm³/mol. The van der Waals surface area contributed by atoms with Crippen LogP contribution in [0.5, 0.6) is 0 Å². The van der Waals surface area contributed by atoms with Gasteiger partial charge >= 0.3 is 12.2 Å². The molecule has 3 saturated heterocycles. The van der Waals surface area contributed by atoms with Crippen LogP contribution in [0.25, 0.3) is 33.2 Å². The number of hydrogen-bond donors (Lipinski definition) is 3. The number of methoxy groups -OCH3 is 2. The van der Waals surface area contributed by atoms with Crippen LogP contribution in [0.2, 0.25) is 0 Å². The predicted octanol–water partition coefficient (Wildman–Crippen LogP) is 7.47. The maximum Gasteiger partial charge on any atom is 0.407 e. The van der Waals surface area contributed by atoms with Crippen molar-refractivity contribution in [2.45, 2.75) is 95.8 Å². The van der Waals surface area contributed by atoms with Gasteiger partial charge in [-0.3, -0.25) is 14.6 Å². The summed E-state index contributed by atoms with van der Waals surface area (Å²) in [5, 5.41) is 7.82. The number of benzene rings is 3. The summed E-state index contributed by atoms with van der Waals surface area (Å²) in [6, 6.07) is 15.4. The Morgan fingerprint density at radius 3 is 2.28 bits per heavy atom. The molecular formula is C50H57N7O7. The van der Waals surface area contributed by atoms with E-state index in [0.29, 0.717) is 51.5 Å². The number of ether oxygens (including phenoxy) is 3. The van der Waals surface area contributed by atoms with Gasteiger partial charge in [-0.1, -0.05) is 56.0 Å². The molecule has 4 fully saturated rings. The average molecular weight is 868 g/mol. The minimum atomic E-state index is -0.699. The van der Waals surface area contributed by atoms with Crippen LogP contribution in [0.15, 0.2) is 59.7 Å². The number of carbonyl (C=O) groups excluding carboxylic acids is 4. The van der Waals surface area contributed by atoms with Gasteiger partial charge in [-0.25, -0.2) is 14.6 Å². The molecule has 4 atom stereocenters. The number of amides is 4. The number of H-pyrrole nitrogens is 1. The molecule has 0 radical (unpaired) electrons. The molecule has 5 aliphatic rings. The number of nitrogens with zero attached hydrogens (tertiary/aromatic N) is 4. The molecule has 14 nitrogen and oxygen atoms in total. The summed E-state index contributed by atoms with van der Waals surface area (Å²) in [6.45, 7) is 6.16. The van der Waals surface area contributed by atoms with Crippen molar-refractivity contribution in [3.05, 3.63) is 71.7 Å². The third-order valence-corrected chi connectivity index (χ3v) is 13.6. The lowest BCUT2D eigenvalue weighted by molar-refractivity contribution is -0.137. The highest BCUT2D eigenvalue weighted by Crippen LogP contribution is 2.40. The monoisotopic (exact) mass is 867 g/mol. The molecule has 1 aromatic heterocycles. The van der Waals surface area contributed by atoms with Crippen LogP contribution in [0, 0.1) is 29.6 Å². The normalized spacial score (nSPS) is 20.6. The number of alkyl carbamates (subject to hydrolysis) is 2. The number of fused-ring (bicyclic) bond motifs is 3. The van der Waals surface area contributed by atoms with Crippen LogP contribution in [-0.2, 0) is 30.2 Å². The van der Waals surface area contributed by atoms with E-state index >= 15 is 0 Å². The maximum atomic E-state index is 14.1. The minimum absolute atomic E-state index is 0.0396. The Bertz CT molecular complexity index is 2550. The van der Waals surface area contributed by atoms with Gasteiger partial charge in [0.2, 0.25) is 11.8 Å². The Hall–Kier alpha value is -6.20. The molecule has 5 heterocycles. The number of aliphatic imine (C=N–C) groups is 1. The van der Waals surface area contributed by atoms with E-state index in [-0.39, 0.29) is 35.7 Å². The highest BCUT2D eigenvalue weighted by molar-refractivity contribution is 6.06. The van der Waals surface area contributed by atoms with Gasteiger partial charge in [-0.15, -0.1) is 0 Å². The molecule has 0 bridgehead atoms. The van der Waals surface area contributed by atoms with E-state index in [4.69, 9.17) is 24.2 Å². The van der Waals surface area contributed by atoms with Crippen LogP contribution < -0.4 is 10.6 Å². The third kappa shape index (κ3) is 8.82. The molecule has 4 amide bonds. The van der Waals surface area contributed by atoms with Crippen molar-refractivity contribution in [1.29, 1.82) is 0 Å². The first-order chi connectivity index (χ1) is 31.1. The summed E-state index contributed by atoms with van der Waals surface area (Å²) in [4.78, 5) is 69.7. The second-order valence-corrected chi connectivity index (χ2v) is 18.1. The number of aromatic amines is 1. The standard InChI is InChI=1S/C50H57N7O7/c1-29(2)44(54-49(60)62-3)47(58)56-21-5-7-42(56)40-27-38-37-17-13-33(25-34(37)15-18-39(38)52-40)36-16-14-35(26-32(36)12-11-30-9-10-30)41-28-51-46(53-41)43-8-6-22-57(43)48(59)45(55-50(61)63-4)31-19-23-64-24-20-31/h13-18,25-26,28-31,42-45H,5-10,19-24,27H2,1-4H3,(H,51,53)(H,54,60)(H,55,61)/t42-,43-,44-,45-/m0/s1. The van der Waals surface area contributed by atoms with Crippen LogP contribution in [0.3, 0.4) is 0 Å². The largest absolute Gasteiger partial charge is 0.453 e. The summed E-state index contributed by atoms with van der Waals surface area (Å²) in [6.07, 6.45) is 8.18. The molecule has 14 heteroatoms. The zero-order valence-corrected chi connectivity index (χ0v) is 37.1. The van der Waals surface area contributed by atoms with Crippen LogP contribution in [0.1, 0.15) is 88.2 Å². The number of hydrogen-bond acceptors (Lipinski definition) is 9. The molecule has 3 aromatic carbocycles. The fraction of sp³-hybridized carbons (Fsp3) is 0.480. The highest BCUT2D eigenvalue weighted by atomic mass is 16.5. The number of aromatic nitrogens is 2. The first-order valence-corrected chi connectivity index (χ1v) is 22.8. The summed E-state index contributed by atoms with van der Waals surface area (Å²) in [5.74, 6) is 7.79. The number of nitrogens with one attached hydrogen (secondary N) is 3. The molecule has 334 valence electrons. The molecule has 3 N–H and O–H groups in total. The Balaban J connectivity index is 0.946. The lowest BCUT2D eigenvalue weighted by atomic mass is 9.90. The first-order valence-electron chi connectivity index (χ1n) is 22.8. The van der Waals surface area contributed by atoms with Gasteiger partial charge in [0.15, 0.2) is 0 Å². The minimum Gasteiger partial charge on any atom is -0.453 e. The number of rotatable bonds is 10. The second-order valence-electron chi connectivity index (χ2n) is 18.1. The highest BCUT2D eigenvalue weighted by Gasteiger charge is 2.41. The Labute approximate surface area is 373 Å². The molecule has 0 spiro atoms. The SMILES string of the molecule is COC(=O)N[C@H](C(=O)N1CCC[C@H]1C1=Nc2ccc3cc(-c4ccc(-c5cnc([C@@H]6CCCN6C(=O)[C@@H](NC(=O)OC)C6CCOCC6)[nH]5)cc4C#CC4CC4)ccc3c2C1)C(C)C. The molecule has 1 aliphatic carbocycles. The van der Waals surface area contributed by atoms with Gasteiger partial charge < -0.3 is 39.6 Å². The topological polar surface area (TPSA) is 168 Å². The first kappa shape index (κ1) is 43.1. The third-order valence-electron chi connectivity index (χ3n) is 13.6. The fourth-order valence-electron chi connectivity index (χ4n) is 9.90. The molecule has 9 rings (SSSR count). The smallest absolute Gasteiger partial charge is 0.407 e. The van der Waals surface area contributed by atoms with Gasteiger partial charge in [0, 0.05) is 55.5 Å². The van der Waals surface area contributed by atoms with Gasteiger partial charge in [-0.2, -0.15) is 0 Å². The van der Waals surface area contributed by atoms with E-state index in [9.17, 15) is 19.2 Å². The maximum absolute atomic E-state index is 14.1. The van der Waals surface area contributed by atoms with Gasteiger partial charge in [0.25, 0.3) is 0 Å². The van der Waals surface area contributed by atoms with Gasteiger partial charge in [0.1, 0.15) is 17.9 Å². The molecule has 0 unspecified atom stereocenters. The lowest BCUT2D eigenvalue weighted by Gasteiger charge is -2.34. The van der Waals surface area contributed by atoms with Crippen molar-refractivity contribution >= 4 is 46.2 Å². The Morgan fingerprint density at radius 2 is 1.55 bits per heavy atom.